The number of rotatable bonds is 7. The lowest BCUT2D eigenvalue weighted by atomic mass is 9.98. The number of nitrogens with two attached hydrogens (primary N) is 1. The van der Waals surface area contributed by atoms with Gasteiger partial charge in [0, 0.05) is 6.42 Å². The Kier molecular flexibility index (Phi) is 5.76. The van der Waals surface area contributed by atoms with Crippen molar-refractivity contribution in [2.75, 3.05) is 0 Å². The summed E-state index contributed by atoms with van der Waals surface area (Å²) in [7, 11) is 0. The van der Waals surface area contributed by atoms with Gasteiger partial charge in [0.1, 0.15) is 12.4 Å². The normalized spacial score (nSPS) is 11.9. The van der Waals surface area contributed by atoms with Gasteiger partial charge in [-0.3, -0.25) is 0 Å². The molecule has 0 aliphatic heterocycles. The lowest BCUT2D eigenvalue weighted by molar-refractivity contribution is 0.306. The molecule has 1 unspecified atom stereocenters. The molecule has 0 aromatic heterocycles. The Hall–Kier alpha value is -1.87. The number of thiocarbonyl (C=S) groups is 1. The summed E-state index contributed by atoms with van der Waals surface area (Å²) in [4.78, 5) is 0.588. The number of hydrogen-bond acceptors (Lipinski definition) is 2. The van der Waals surface area contributed by atoms with Crippen LogP contribution >= 0.6 is 12.2 Å². The zero-order valence-electron chi connectivity index (χ0n) is 12.3. The molecule has 0 radical (unpaired) electrons. The van der Waals surface area contributed by atoms with Crippen LogP contribution in [0.25, 0.3) is 0 Å². The van der Waals surface area contributed by atoms with Crippen LogP contribution in [0.4, 0.5) is 0 Å². The van der Waals surface area contributed by atoms with Crippen molar-refractivity contribution in [3.8, 4) is 5.75 Å². The molecule has 0 fully saturated rings. The van der Waals surface area contributed by atoms with Gasteiger partial charge in [0.2, 0.25) is 0 Å². The standard InChI is InChI=1S/C18H21NOS/c1-14(12-18(19)21)11-15-7-9-17(10-8-15)20-13-16-5-3-2-4-6-16/h2-10,14H,11-13H2,1H3,(H2,19,21). The third kappa shape index (κ3) is 5.56. The van der Waals surface area contributed by atoms with Gasteiger partial charge in [0.25, 0.3) is 0 Å². The van der Waals surface area contributed by atoms with Crippen molar-refractivity contribution in [1.82, 2.24) is 0 Å². The van der Waals surface area contributed by atoms with Crippen LogP contribution in [0.1, 0.15) is 24.5 Å². The molecule has 2 nitrogen and oxygen atoms in total. The molecule has 2 rings (SSSR count). The molecular weight excluding hydrogens is 278 g/mol. The molecule has 2 aromatic rings. The lowest BCUT2D eigenvalue weighted by Gasteiger charge is -2.11. The summed E-state index contributed by atoms with van der Waals surface area (Å²) in [5.41, 5.74) is 8.03. The van der Waals surface area contributed by atoms with E-state index >= 15 is 0 Å². The van der Waals surface area contributed by atoms with Crippen molar-refractivity contribution in [3.05, 3.63) is 65.7 Å². The average molecular weight is 299 g/mol. The third-order valence-corrected chi connectivity index (χ3v) is 3.47. The highest BCUT2D eigenvalue weighted by Crippen LogP contribution is 2.17. The minimum atomic E-state index is 0.471. The van der Waals surface area contributed by atoms with Crippen LogP contribution in [0.2, 0.25) is 0 Å². The Morgan fingerprint density at radius 3 is 2.33 bits per heavy atom. The van der Waals surface area contributed by atoms with Gasteiger partial charge in [-0.15, -0.1) is 0 Å². The minimum Gasteiger partial charge on any atom is -0.489 e. The van der Waals surface area contributed by atoms with E-state index in [1.165, 1.54) is 11.1 Å². The first-order valence-electron chi connectivity index (χ1n) is 7.17. The summed E-state index contributed by atoms with van der Waals surface area (Å²) < 4.78 is 5.78. The molecule has 110 valence electrons. The Balaban J connectivity index is 1.85. The van der Waals surface area contributed by atoms with Crippen LogP contribution < -0.4 is 10.5 Å². The topological polar surface area (TPSA) is 35.2 Å². The maximum absolute atomic E-state index is 5.78. The summed E-state index contributed by atoms with van der Waals surface area (Å²) in [5.74, 6) is 1.36. The predicted octanol–water partition coefficient (Wildman–Crippen LogP) is 4.12. The lowest BCUT2D eigenvalue weighted by Crippen LogP contribution is -2.13. The quantitative estimate of drug-likeness (QED) is 0.781. The fraction of sp³-hybridized carbons (Fsp3) is 0.278. The van der Waals surface area contributed by atoms with Crippen LogP contribution in [-0.4, -0.2) is 4.99 Å². The van der Waals surface area contributed by atoms with Crippen LogP contribution in [0, 0.1) is 5.92 Å². The Bertz CT molecular complexity index is 566. The molecule has 0 aliphatic carbocycles. The molecule has 0 heterocycles. The Morgan fingerprint density at radius 1 is 1.05 bits per heavy atom. The molecule has 1 atom stereocenters. The van der Waals surface area contributed by atoms with Crippen molar-refractivity contribution < 1.29 is 4.74 Å². The van der Waals surface area contributed by atoms with Crippen molar-refractivity contribution in [2.45, 2.75) is 26.4 Å². The maximum Gasteiger partial charge on any atom is 0.119 e. The van der Waals surface area contributed by atoms with Gasteiger partial charge in [-0.1, -0.05) is 61.6 Å². The number of benzene rings is 2. The fourth-order valence-electron chi connectivity index (χ4n) is 2.28. The van der Waals surface area contributed by atoms with E-state index in [2.05, 4.69) is 31.2 Å². The van der Waals surface area contributed by atoms with Gasteiger partial charge in [-0.05, 0) is 35.6 Å². The second-order valence-electron chi connectivity index (χ2n) is 5.40. The zero-order valence-corrected chi connectivity index (χ0v) is 13.1. The Morgan fingerprint density at radius 2 is 1.71 bits per heavy atom. The van der Waals surface area contributed by atoms with Gasteiger partial charge in [-0.25, -0.2) is 0 Å². The highest BCUT2D eigenvalue weighted by molar-refractivity contribution is 7.80. The molecule has 3 heteroatoms. The van der Waals surface area contributed by atoms with Crippen LogP contribution in [0.3, 0.4) is 0 Å². The SMILES string of the molecule is CC(CC(N)=S)Cc1ccc(OCc2ccccc2)cc1. The average Bonchev–Trinajstić information content (AvgIpc) is 2.47. The van der Waals surface area contributed by atoms with E-state index in [0.717, 1.165) is 18.6 Å². The van der Waals surface area contributed by atoms with E-state index < -0.39 is 0 Å². The number of ether oxygens (including phenoxy) is 1. The van der Waals surface area contributed by atoms with Crippen molar-refractivity contribution in [1.29, 1.82) is 0 Å². The molecule has 2 N–H and O–H groups in total. The van der Waals surface area contributed by atoms with E-state index in [-0.39, 0.29) is 0 Å². The number of hydrogen-bond donors (Lipinski definition) is 1. The molecule has 0 amide bonds. The molecule has 21 heavy (non-hydrogen) atoms. The first-order valence-corrected chi connectivity index (χ1v) is 7.58. The molecule has 0 spiro atoms. The minimum absolute atomic E-state index is 0.471. The van der Waals surface area contributed by atoms with E-state index in [1.54, 1.807) is 0 Å². The molecule has 2 aromatic carbocycles. The van der Waals surface area contributed by atoms with E-state index in [4.69, 9.17) is 22.7 Å². The molecule has 0 saturated carbocycles. The summed E-state index contributed by atoms with van der Waals surface area (Å²) in [5, 5.41) is 0. The van der Waals surface area contributed by atoms with E-state index in [9.17, 15) is 0 Å². The summed E-state index contributed by atoms with van der Waals surface area (Å²) in [6.07, 6.45) is 1.78. The Labute approximate surface area is 131 Å². The second kappa shape index (κ2) is 7.79. The van der Waals surface area contributed by atoms with Crippen LogP contribution in [0.15, 0.2) is 54.6 Å². The highest BCUT2D eigenvalue weighted by atomic mass is 32.1. The first kappa shape index (κ1) is 15.5. The molecule has 0 saturated heterocycles. The molecular formula is C18H21NOS. The summed E-state index contributed by atoms with van der Waals surface area (Å²) in [6.45, 7) is 2.76. The third-order valence-electron chi connectivity index (χ3n) is 3.31. The monoisotopic (exact) mass is 299 g/mol. The summed E-state index contributed by atoms with van der Waals surface area (Å²) >= 11 is 4.95. The fourth-order valence-corrected chi connectivity index (χ4v) is 2.57. The second-order valence-corrected chi connectivity index (χ2v) is 5.92. The van der Waals surface area contributed by atoms with Gasteiger partial charge in [0.15, 0.2) is 0 Å². The van der Waals surface area contributed by atoms with Crippen LogP contribution in [0.5, 0.6) is 5.75 Å². The smallest absolute Gasteiger partial charge is 0.119 e. The maximum atomic E-state index is 5.78. The first-order chi connectivity index (χ1) is 10.1. The van der Waals surface area contributed by atoms with Crippen molar-refractivity contribution in [2.24, 2.45) is 11.7 Å². The van der Waals surface area contributed by atoms with Crippen molar-refractivity contribution >= 4 is 17.2 Å². The highest BCUT2D eigenvalue weighted by Gasteiger charge is 2.05. The zero-order chi connectivity index (χ0) is 15.1. The predicted molar refractivity (Wildman–Crippen MR) is 91.5 cm³/mol. The summed E-state index contributed by atoms with van der Waals surface area (Å²) in [6, 6.07) is 18.4. The largest absolute Gasteiger partial charge is 0.489 e. The molecule has 0 bridgehead atoms. The van der Waals surface area contributed by atoms with Gasteiger partial charge in [0.05, 0.1) is 4.99 Å². The van der Waals surface area contributed by atoms with Gasteiger partial charge in [-0.2, -0.15) is 0 Å². The van der Waals surface area contributed by atoms with Gasteiger partial charge < -0.3 is 10.5 Å². The van der Waals surface area contributed by atoms with E-state index in [0.29, 0.717) is 17.5 Å². The van der Waals surface area contributed by atoms with Crippen molar-refractivity contribution in [3.63, 3.8) is 0 Å². The van der Waals surface area contributed by atoms with E-state index in [1.807, 2.05) is 30.3 Å². The van der Waals surface area contributed by atoms with Crippen LogP contribution in [-0.2, 0) is 13.0 Å². The molecule has 0 aliphatic rings. The van der Waals surface area contributed by atoms with Gasteiger partial charge >= 0.3 is 0 Å².